The van der Waals surface area contributed by atoms with Gasteiger partial charge in [0.2, 0.25) is 0 Å². The van der Waals surface area contributed by atoms with Gasteiger partial charge < -0.3 is 10.7 Å². The number of aromatic amines is 1. The van der Waals surface area contributed by atoms with Gasteiger partial charge in [0.1, 0.15) is 5.82 Å². The van der Waals surface area contributed by atoms with E-state index in [1.165, 1.54) is 5.56 Å². The van der Waals surface area contributed by atoms with Gasteiger partial charge >= 0.3 is 0 Å². The Bertz CT molecular complexity index is 445. The Kier molecular flexibility index (Phi) is 3.02. The molecule has 0 aliphatic rings. The van der Waals surface area contributed by atoms with Crippen LogP contribution in [0.2, 0.25) is 0 Å². The molecule has 3 N–H and O–H groups in total. The van der Waals surface area contributed by atoms with Gasteiger partial charge in [0.25, 0.3) is 0 Å². The fourth-order valence-corrected chi connectivity index (χ4v) is 1.78. The van der Waals surface area contributed by atoms with Gasteiger partial charge in [0, 0.05) is 6.42 Å². The van der Waals surface area contributed by atoms with E-state index in [0.29, 0.717) is 0 Å². The highest BCUT2D eigenvalue weighted by Crippen LogP contribution is 2.16. The predicted octanol–water partition coefficient (Wildman–Crippen LogP) is 2.15. The molecule has 0 radical (unpaired) electrons. The topological polar surface area (TPSA) is 54.7 Å². The Morgan fingerprint density at radius 3 is 2.93 bits per heavy atom. The highest BCUT2D eigenvalue weighted by atomic mass is 14.9. The van der Waals surface area contributed by atoms with Crippen LogP contribution in [0.5, 0.6) is 0 Å². The Balaban J connectivity index is 2.20. The minimum atomic E-state index is 0.763. The Morgan fingerprint density at radius 2 is 2.20 bits per heavy atom. The molecule has 0 bridgehead atoms. The second kappa shape index (κ2) is 4.45. The van der Waals surface area contributed by atoms with Crippen LogP contribution in [-0.2, 0) is 6.42 Å². The zero-order valence-electron chi connectivity index (χ0n) is 9.09. The molecule has 1 aromatic heterocycles. The molecule has 0 amide bonds. The molecule has 80 valence electrons. The third-order valence-corrected chi connectivity index (χ3v) is 2.63. The van der Waals surface area contributed by atoms with Crippen LogP contribution in [0.1, 0.15) is 24.2 Å². The van der Waals surface area contributed by atoms with E-state index in [1.54, 1.807) is 0 Å². The van der Waals surface area contributed by atoms with E-state index in [-0.39, 0.29) is 0 Å². The lowest BCUT2D eigenvalue weighted by molar-refractivity contribution is 0.724. The van der Waals surface area contributed by atoms with Crippen LogP contribution in [0.15, 0.2) is 18.2 Å². The molecule has 3 nitrogen and oxygen atoms in total. The van der Waals surface area contributed by atoms with Crippen molar-refractivity contribution in [2.24, 2.45) is 5.73 Å². The maximum absolute atomic E-state index is 5.46. The lowest BCUT2D eigenvalue weighted by atomic mass is 10.2. The van der Waals surface area contributed by atoms with E-state index in [9.17, 15) is 0 Å². The average molecular weight is 203 g/mol. The van der Waals surface area contributed by atoms with E-state index in [4.69, 9.17) is 5.73 Å². The van der Waals surface area contributed by atoms with Gasteiger partial charge in [-0.1, -0.05) is 12.1 Å². The number of nitrogens with zero attached hydrogens (tertiary/aromatic N) is 1. The minimum absolute atomic E-state index is 0.763. The van der Waals surface area contributed by atoms with Crippen LogP contribution in [0.25, 0.3) is 11.0 Å². The maximum atomic E-state index is 5.46. The molecular weight excluding hydrogens is 186 g/mol. The lowest BCUT2D eigenvalue weighted by Gasteiger charge is -1.93. The fraction of sp³-hybridized carbons (Fsp3) is 0.417. The van der Waals surface area contributed by atoms with E-state index < -0.39 is 0 Å². The number of nitrogens with one attached hydrogen (secondary N) is 1. The first-order chi connectivity index (χ1) is 7.31. The standard InChI is InChI=1S/C12H17N3/c1-9-5-4-6-10-12(9)15-11(14-10)7-2-3-8-13/h4-6H,2-3,7-8,13H2,1H3,(H,14,15). The number of imidazole rings is 1. The van der Waals surface area contributed by atoms with Crippen molar-refractivity contribution in [2.75, 3.05) is 6.54 Å². The molecule has 0 aliphatic carbocycles. The molecule has 0 unspecified atom stereocenters. The fourth-order valence-electron chi connectivity index (χ4n) is 1.78. The molecule has 3 heteroatoms. The third kappa shape index (κ3) is 2.18. The molecule has 0 aliphatic heterocycles. The second-order valence-electron chi connectivity index (χ2n) is 3.90. The molecule has 0 atom stereocenters. The third-order valence-electron chi connectivity index (χ3n) is 2.63. The molecule has 0 saturated heterocycles. The summed E-state index contributed by atoms with van der Waals surface area (Å²) in [6.45, 7) is 2.85. The zero-order chi connectivity index (χ0) is 10.7. The minimum Gasteiger partial charge on any atom is -0.342 e. The molecule has 0 fully saturated rings. The van der Waals surface area contributed by atoms with Crippen molar-refractivity contribution in [3.63, 3.8) is 0 Å². The Labute approximate surface area is 89.7 Å². The van der Waals surface area contributed by atoms with Gasteiger partial charge in [-0.05, 0) is 37.9 Å². The largest absolute Gasteiger partial charge is 0.342 e. The van der Waals surface area contributed by atoms with Crippen LogP contribution < -0.4 is 5.73 Å². The highest BCUT2D eigenvalue weighted by Gasteiger charge is 2.03. The van der Waals surface area contributed by atoms with Crippen molar-refractivity contribution >= 4 is 11.0 Å². The van der Waals surface area contributed by atoms with Gasteiger partial charge in [-0.25, -0.2) is 4.98 Å². The van der Waals surface area contributed by atoms with Crippen molar-refractivity contribution < 1.29 is 0 Å². The molecule has 0 saturated carbocycles. The summed E-state index contributed by atoms with van der Waals surface area (Å²) in [5.74, 6) is 1.08. The number of unbranched alkanes of at least 4 members (excludes halogenated alkanes) is 1. The predicted molar refractivity (Wildman–Crippen MR) is 62.8 cm³/mol. The lowest BCUT2D eigenvalue weighted by Crippen LogP contribution is -1.99. The van der Waals surface area contributed by atoms with Gasteiger partial charge in [-0.3, -0.25) is 0 Å². The summed E-state index contributed by atoms with van der Waals surface area (Å²) in [5, 5.41) is 0. The second-order valence-corrected chi connectivity index (χ2v) is 3.90. The van der Waals surface area contributed by atoms with Gasteiger partial charge in [-0.15, -0.1) is 0 Å². The van der Waals surface area contributed by atoms with E-state index in [2.05, 4.69) is 35.1 Å². The number of nitrogens with two attached hydrogens (primary N) is 1. The number of H-pyrrole nitrogens is 1. The first-order valence-electron chi connectivity index (χ1n) is 5.45. The van der Waals surface area contributed by atoms with E-state index in [0.717, 1.165) is 42.7 Å². The van der Waals surface area contributed by atoms with Gasteiger partial charge in [-0.2, -0.15) is 0 Å². The van der Waals surface area contributed by atoms with Crippen molar-refractivity contribution in [1.82, 2.24) is 9.97 Å². The molecular formula is C12H17N3. The van der Waals surface area contributed by atoms with Crippen molar-refractivity contribution in [1.29, 1.82) is 0 Å². The summed E-state index contributed by atoms with van der Waals surface area (Å²) in [6.07, 6.45) is 3.16. The van der Waals surface area contributed by atoms with Crippen molar-refractivity contribution in [3.8, 4) is 0 Å². The first-order valence-corrected chi connectivity index (χ1v) is 5.45. The zero-order valence-corrected chi connectivity index (χ0v) is 9.09. The number of aromatic nitrogens is 2. The molecule has 0 spiro atoms. The summed E-state index contributed by atoms with van der Waals surface area (Å²) in [5.41, 5.74) is 8.93. The first kappa shape index (κ1) is 10.2. The summed E-state index contributed by atoms with van der Waals surface area (Å²) in [4.78, 5) is 7.93. The van der Waals surface area contributed by atoms with Crippen LogP contribution in [-0.4, -0.2) is 16.5 Å². The number of hydrogen-bond acceptors (Lipinski definition) is 2. The summed E-state index contributed by atoms with van der Waals surface area (Å²) >= 11 is 0. The van der Waals surface area contributed by atoms with Crippen molar-refractivity contribution in [3.05, 3.63) is 29.6 Å². The average Bonchev–Trinajstić information content (AvgIpc) is 2.63. The molecule has 2 rings (SSSR count). The molecule has 15 heavy (non-hydrogen) atoms. The summed E-state index contributed by atoms with van der Waals surface area (Å²) < 4.78 is 0. The number of aryl methyl sites for hydroxylation is 2. The highest BCUT2D eigenvalue weighted by molar-refractivity contribution is 5.78. The van der Waals surface area contributed by atoms with Crippen molar-refractivity contribution in [2.45, 2.75) is 26.2 Å². The number of benzene rings is 1. The van der Waals surface area contributed by atoms with Crippen LogP contribution in [0, 0.1) is 6.92 Å². The van der Waals surface area contributed by atoms with Gasteiger partial charge in [0.05, 0.1) is 11.0 Å². The van der Waals surface area contributed by atoms with Crippen LogP contribution in [0.3, 0.4) is 0 Å². The number of para-hydroxylation sites is 1. The number of fused-ring (bicyclic) bond motifs is 1. The van der Waals surface area contributed by atoms with Crippen LogP contribution in [0.4, 0.5) is 0 Å². The Hall–Kier alpha value is -1.35. The SMILES string of the molecule is Cc1cccc2[nH]c(CCCCN)nc12. The van der Waals surface area contributed by atoms with Crippen LogP contribution >= 0.6 is 0 Å². The quantitative estimate of drug-likeness (QED) is 0.748. The normalized spacial score (nSPS) is 11.1. The number of rotatable bonds is 4. The number of hydrogen-bond donors (Lipinski definition) is 2. The molecule has 2 aromatic rings. The molecule has 1 aromatic carbocycles. The Morgan fingerprint density at radius 1 is 1.33 bits per heavy atom. The monoisotopic (exact) mass is 203 g/mol. The van der Waals surface area contributed by atoms with Gasteiger partial charge in [0.15, 0.2) is 0 Å². The van der Waals surface area contributed by atoms with E-state index >= 15 is 0 Å². The maximum Gasteiger partial charge on any atom is 0.107 e. The molecule has 1 heterocycles. The smallest absolute Gasteiger partial charge is 0.107 e. The van der Waals surface area contributed by atoms with E-state index in [1.807, 2.05) is 0 Å². The summed E-state index contributed by atoms with van der Waals surface area (Å²) in [6, 6.07) is 6.22. The summed E-state index contributed by atoms with van der Waals surface area (Å²) in [7, 11) is 0.